The van der Waals surface area contributed by atoms with Gasteiger partial charge in [0.2, 0.25) is 11.8 Å². The summed E-state index contributed by atoms with van der Waals surface area (Å²) in [6.45, 7) is 0.451. The van der Waals surface area contributed by atoms with Gasteiger partial charge in [-0.3, -0.25) is 15.2 Å². The fraction of sp³-hybridized carbons (Fsp3) is 0.385. The number of primary amides is 1. The van der Waals surface area contributed by atoms with Crippen molar-refractivity contribution in [3.63, 3.8) is 0 Å². The van der Waals surface area contributed by atoms with Crippen LogP contribution in [0, 0.1) is 0 Å². The van der Waals surface area contributed by atoms with Gasteiger partial charge in [-0.2, -0.15) is 0 Å². The Morgan fingerprint density at radius 2 is 2.41 bits per heavy atom. The summed E-state index contributed by atoms with van der Waals surface area (Å²) in [5.41, 5.74) is 5.72. The maximum absolute atomic E-state index is 11.1. The monoisotopic (exact) mass is 304 g/mol. The first kappa shape index (κ1) is 14.1. The normalized spacial score (nSPS) is 17.5. The Labute approximate surface area is 125 Å². The number of pyridine rings is 1. The number of nitrogens with one attached hydrogen (secondary N) is 3. The Hall–Kier alpha value is -2.84. The van der Waals surface area contributed by atoms with Crippen LogP contribution >= 0.6 is 0 Å². The molecule has 2 aromatic rings. The lowest BCUT2D eigenvalue weighted by atomic mass is 10.2. The van der Waals surface area contributed by atoms with Crippen LogP contribution in [0.15, 0.2) is 12.3 Å². The molecule has 0 saturated carbocycles. The van der Waals surface area contributed by atoms with E-state index in [1.54, 1.807) is 12.3 Å². The summed E-state index contributed by atoms with van der Waals surface area (Å²) in [4.78, 5) is 26.0. The van der Waals surface area contributed by atoms with Crippen LogP contribution in [-0.4, -0.2) is 39.8 Å². The molecule has 0 radical (unpaired) electrons. The van der Waals surface area contributed by atoms with Crippen molar-refractivity contribution in [2.45, 2.75) is 25.3 Å². The summed E-state index contributed by atoms with van der Waals surface area (Å²) < 4.78 is 5.63. The van der Waals surface area contributed by atoms with Crippen LogP contribution in [0.1, 0.15) is 19.3 Å². The molecule has 1 atom stereocenters. The van der Waals surface area contributed by atoms with Gasteiger partial charge in [0.15, 0.2) is 0 Å². The first-order chi connectivity index (χ1) is 10.6. The molecule has 1 saturated heterocycles. The van der Waals surface area contributed by atoms with Crippen LogP contribution in [0.2, 0.25) is 0 Å². The minimum atomic E-state index is -0.679. The van der Waals surface area contributed by atoms with Gasteiger partial charge in [0.1, 0.15) is 5.82 Å². The molecule has 0 unspecified atom stereocenters. The predicted molar refractivity (Wildman–Crippen MR) is 78.4 cm³/mol. The van der Waals surface area contributed by atoms with Gasteiger partial charge in [-0.15, -0.1) is 5.10 Å². The molecule has 3 rings (SSSR count). The standard InChI is InChI=1S/C13H16N6O3/c14-13(21)17-10-5-9-8(6-15-10)12(19-18-9)22-4-3-7-1-2-11(20)16-7/h5-7H,1-4H2,(H,16,20)(H,18,19)(H3,14,15,17,21)/t7-/m1/s1. The number of nitrogens with two attached hydrogens (primary N) is 1. The van der Waals surface area contributed by atoms with Gasteiger partial charge in [-0.25, -0.2) is 9.78 Å². The number of hydrogen-bond acceptors (Lipinski definition) is 5. The number of anilines is 1. The highest BCUT2D eigenvalue weighted by Crippen LogP contribution is 2.24. The number of hydrogen-bond donors (Lipinski definition) is 4. The Bertz CT molecular complexity index is 713. The van der Waals surface area contributed by atoms with Crippen LogP contribution in [0.3, 0.4) is 0 Å². The topological polar surface area (TPSA) is 135 Å². The van der Waals surface area contributed by atoms with Crippen LogP contribution in [0.5, 0.6) is 5.88 Å². The molecule has 1 fully saturated rings. The molecular weight excluding hydrogens is 288 g/mol. The van der Waals surface area contributed by atoms with E-state index >= 15 is 0 Å². The van der Waals surface area contributed by atoms with Gasteiger partial charge in [0.25, 0.3) is 0 Å². The Balaban J connectivity index is 1.62. The summed E-state index contributed by atoms with van der Waals surface area (Å²) in [7, 11) is 0. The number of ether oxygens (including phenoxy) is 1. The van der Waals surface area contributed by atoms with Crippen molar-refractivity contribution in [2.24, 2.45) is 5.73 Å². The number of aromatic nitrogens is 3. The molecule has 3 amide bonds. The summed E-state index contributed by atoms with van der Waals surface area (Å²) in [5.74, 6) is 0.871. The zero-order valence-corrected chi connectivity index (χ0v) is 11.8. The molecule has 0 bridgehead atoms. The van der Waals surface area contributed by atoms with Crippen molar-refractivity contribution < 1.29 is 14.3 Å². The second kappa shape index (κ2) is 5.88. The Morgan fingerprint density at radius 3 is 3.14 bits per heavy atom. The number of amides is 3. The van der Waals surface area contributed by atoms with E-state index in [1.807, 2.05) is 0 Å². The Kier molecular flexibility index (Phi) is 3.77. The third-order valence-electron chi connectivity index (χ3n) is 3.45. The van der Waals surface area contributed by atoms with E-state index < -0.39 is 6.03 Å². The molecule has 5 N–H and O–H groups in total. The van der Waals surface area contributed by atoms with E-state index in [2.05, 4.69) is 25.8 Å². The Morgan fingerprint density at radius 1 is 1.55 bits per heavy atom. The largest absolute Gasteiger partial charge is 0.476 e. The van der Waals surface area contributed by atoms with E-state index in [0.29, 0.717) is 35.6 Å². The minimum Gasteiger partial charge on any atom is -0.476 e. The number of carbonyl (C=O) groups excluding carboxylic acids is 2. The van der Waals surface area contributed by atoms with Crippen LogP contribution < -0.4 is 21.1 Å². The molecule has 3 heterocycles. The number of urea groups is 1. The minimum absolute atomic E-state index is 0.0916. The van der Waals surface area contributed by atoms with Gasteiger partial charge in [-0.1, -0.05) is 0 Å². The first-order valence-corrected chi connectivity index (χ1v) is 6.94. The maximum Gasteiger partial charge on any atom is 0.317 e. The van der Waals surface area contributed by atoms with Gasteiger partial charge < -0.3 is 15.8 Å². The number of H-pyrrole nitrogens is 1. The van der Waals surface area contributed by atoms with E-state index in [0.717, 1.165) is 12.8 Å². The van der Waals surface area contributed by atoms with E-state index in [9.17, 15) is 9.59 Å². The van der Waals surface area contributed by atoms with E-state index in [1.165, 1.54) is 0 Å². The third-order valence-corrected chi connectivity index (χ3v) is 3.45. The third kappa shape index (κ3) is 3.08. The molecule has 2 aromatic heterocycles. The van der Waals surface area contributed by atoms with Crippen molar-refractivity contribution in [3.8, 4) is 5.88 Å². The van der Waals surface area contributed by atoms with Crippen LogP contribution in [0.4, 0.5) is 10.6 Å². The van der Waals surface area contributed by atoms with Crippen molar-refractivity contribution in [1.29, 1.82) is 0 Å². The number of fused-ring (bicyclic) bond motifs is 1. The molecule has 22 heavy (non-hydrogen) atoms. The molecule has 0 aliphatic carbocycles. The molecular formula is C13H16N6O3. The summed E-state index contributed by atoms with van der Waals surface area (Å²) in [6, 6.07) is 1.11. The molecule has 0 spiro atoms. The zero-order chi connectivity index (χ0) is 15.5. The van der Waals surface area contributed by atoms with Gasteiger partial charge in [-0.05, 0) is 6.42 Å². The van der Waals surface area contributed by atoms with E-state index in [4.69, 9.17) is 10.5 Å². The smallest absolute Gasteiger partial charge is 0.317 e. The predicted octanol–water partition coefficient (Wildman–Crippen LogP) is 0.496. The quantitative estimate of drug-likeness (QED) is 0.637. The summed E-state index contributed by atoms with van der Waals surface area (Å²) >= 11 is 0. The second-order valence-electron chi connectivity index (χ2n) is 5.07. The van der Waals surface area contributed by atoms with Crippen molar-refractivity contribution in [2.75, 3.05) is 11.9 Å². The second-order valence-corrected chi connectivity index (χ2v) is 5.07. The number of carbonyl (C=O) groups is 2. The lowest BCUT2D eigenvalue weighted by Gasteiger charge is -2.09. The number of aromatic amines is 1. The molecule has 9 nitrogen and oxygen atoms in total. The molecule has 0 aromatic carbocycles. The number of nitrogens with zero attached hydrogens (tertiary/aromatic N) is 2. The lowest BCUT2D eigenvalue weighted by Crippen LogP contribution is -2.26. The first-order valence-electron chi connectivity index (χ1n) is 6.94. The molecule has 1 aliphatic heterocycles. The van der Waals surface area contributed by atoms with Gasteiger partial charge in [0, 0.05) is 31.1 Å². The lowest BCUT2D eigenvalue weighted by molar-refractivity contribution is -0.119. The molecule has 1 aliphatic rings. The fourth-order valence-corrected chi connectivity index (χ4v) is 2.39. The van der Waals surface area contributed by atoms with E-state index in [-0.39, 0.29) is 11.9 Å². The zero-order valence-electron chi connectivity index (χ0n) is 11.8. The van der Waals surface area contributed by atoms with Crippen molar-refractivity contribution >= 4 is 28.7 Å². The molecule has 9 heteroatoms. The van der Waals surface area contributed by atoms with Crippen LogP contribution in [0.25, 0.3) is 10.9 Å². The van der Waals surface area contributed by atoms with Gasteiger partial charge in [0.05, 0.1) is 17.5 Å². The molecule has 116 valence electrons. The average Bonchev–Trinajstić information content (AvgIpc) is 3.05. The number of rotatable bonds is 5. The van der Waals surface area contributed by atoms with Gasteiger partial charge >= 0.3 is 6.03 Å². The van der Waals surface area contributed by atoms with Crippen LogP contribution in [-0.2, 0) is 4.79 Å². The van der Waals surface area contributed by atoms with Crippen molar-refractivity contribution in [3.05, 3.63) is 12.3 Å². The highest BCUT2D eigenvalue weighted by atomic mass is 16.5. The highest BCUT2D eigenvalue weighted by molar-refractivity contribution is 5.91. The fourth-order valence-electron chi connectivity index (χ4n) is 2.39. The van der Waals surface area contributed by atoms with Crippen molar-refractivity contribution in [1.82, 2.24) is 20.5 Å². The highest BCUT2D eigenvalue weighted by Gasteiger charge is 2.20. The SMILES string of the molecule is NC(=O)Nc1cc2[nH]nc(OCC[C@H]3CCC(=O)N3)c2cn1. The maximum atomic E-state index is 11.1. The summed E-state index contributed by atoms with van der Waals surface area (Å²) in [5, 5.41) is 12.9. The summed E-state index contributed by atoms with van der Waals surface area (Å²) in [6.07, 6.45) is 3.70. The average molecular weight is 304 g/mol.